The lowest BCUT2D eigenvalue weighted by Crippen LogP contribution is -2.48. The van der Waals surface area contributed by atoms with Gasteiger partial charge in [0.25, 0.3) is 0 Å². The van der Waals surface area contributed by atoms with Gasteiger partial charge in [-0.2, -0.15) is 13.2 Å². The molecule has 0 spiro atoms. The molecule has 4 nitrogen and oxygen atoms in total. The minimum absolute atomic E-state index is 0.0168. The molecule has 2 amide bonds. The number of nitrogens with one attached hydrogen (secondary N) is 1. The minimum atomic E-state index is -4.84. The van der Waals surface area contributed by atoms with Crippen LogP contribution in [0, 0.1) is 5.41 Å². The van der Waals surface area contributed by atoms with Crippen molar-refractivity contribution in [1.29, 1.82) is 0 Å². The third-order valence-corrected chi connectivity index (χ3v) is 3.35. The first-order chi connectivity index (χ1) is 8.14. The maximum absolute atomic E-state index is 12.0. The monoisotopic (exact) mass is 264 g/mol. The fourth-order valence-electron chi connectivity index (χ4n) is 1.93. The van der Waals surface area contributed by atoms with Crippen LogP contribution in [0.5, 0.6) is 0 Å². The smallest absolute Gasteiger partial charge is 0.352 e. The lowest BCUT2D eigenvalue weighted by molar-refractivity contribution is -0.174. The summed E-state index contributed by atoms with van der Waals surface area (Å²) in [4.78, 5) is 23.5. The van der Waals surface area contributed by atoms with E-state index < -0.39 is 12.1 Å². The van der Waals surface area contributed by atoms with E-state index in [9.17, 15) is 22.8 Å². The molecule has 0 aromatic carbocycles. The fraction of sp³-hybridized carbons (Fsp3) is 0.800. The van der Waals surface area contributed by atoms with Crippen LogP contribution in [-0.2, 0) is 4.79 Å². The van der Waals surface area contributed by atoms with E-state index in [4.69, 9.17) is 0 Å². The van der Waals surface area contributed by atoms with Gasteiger partial charge in [0, 0.05) is 19.6 Å². The average Bonchev–Trinajstić information content (AvgIpc) is 2.25. The van der Waals surface area contributed by atoms with E-state index in [1.807, 2.05) is 12.2 Å². The van der Waals surface area contributed by atoms with E-state index in [0.29, 0.717) is 25.9 Å². The van der Waals surface area contributed by atoms with Crippen LogP contribution in [0.3, 0.4) is 0 Å². The molecule has 0 radical (unpaired) electrons. The molecule has 0 aromatic rings. The van der Waals surface area contributed by atoms with Crippen LogP contribution in [0.4, 0.5) is 18.0 Å². The summed E-state index contributed by atoms with van der Waals surface area (Å²) in [7, 11) is 1.47. The molecule has 0 bridgehead atoms. The van der Waals surface area contributed by atoms with Crippen LogP contribution < -0.4 is 5.32 Å². The molecule has 0 unspecified atom stereocenters. The second kappa shape index (κ2) is 5.20. The summed E-state index contributed by atoms with van der Waals surface area (Å²) < 4.78 is 36.1. The largest absolute Gasteiger partial charge is 0.471 e. The van der Waals surface area contributed by atoms with Gasteiger partial charge in [-0.05, 0) is 18.3 Å². The van der Waals surface area contributed by atoms with Gasteiger partial charge >= 0.3 is 12.1 Å². The topological polar surface area (TPSA) is 49.4 Å². The van der Waals surface area contributed by atoms with E-state index in [1.165, 1.54) is 7.85 Å². The maximum atomic E-state index is 12.0. The van der Waals surface area contributed by atoms with Crippen molar-refractivity contribution in [2.75, 3.05) is 19.6 Å². The first-order valence-electron chi connectivity index (χ1n) is 5.75. The number of rotatable bonds is 2. The van der Waals surface area contributed by atoms with Crippen molar-refractivity contribution in [2.45, 2.75) is 25.9 Å². The third kappa shape index (κ3) is 3.92. The van der Waals surface area contributed by atoms with Gasteiger partial charge in [-0.3, -0.25) is 9.59 Å². The Balaban J connectivity index is 2.44. The van der Waals surface area contributed by atoms with Gasteiger partial charge in [-0.25, -0.2) is 0 Å². The molecule has 1 aliphatic rings. The Morgan fingerprint density at radius 3 is 2.22 bits per heavy atom. The van der Waals surface area contributed by atoms with Crippen molar-refractivity contribution >= 4 is 19.6 Å². The van der Waals surface area contributed by atoms with Gasteiger partial charge in [0.15, 0.2) is 5.81 Å². The zero-order valence-electron chi connectivity index (χ0n) is 10.4. The Kier molecular flexibility index (Phi) is 4.29. The van der Waals surface area contributed by atoms with Crippen molar-refractivity contribution in [3.05, 3.63) is 0 Å². The lowest BCUT2D eigenvalue weighted by atomic mass is 9.80. The van der Waals surface area contributed by atoms with E-state index in [0.717, 1.165) is 0 Å². The van der Waals surface area contributed by atoms with Gasteiger partial charge < -0.3 is 10.2 Å². The molecule has 0 aliphatic carbocycles. The van der Waals surface area contributed by atoms with E-state index in [-0.39, 0.29) is 17.8 Å². The summed E-state index contributed by atoms with van der Waals surface area (Å²) in [5, 5.41) is 1.91. The van der Waals surface area contributed by atoms with Crippen LogP contribution in [0.2, 0.25) is 0 Å². The summed E-state index contributed by atoms with van der Waals surface area (Å²) >= 11 is 0. The quantitative estimate of drug-likeness (QED) is 0.739. The lowest BCUT2D eigenvalue weighted by Gasteiger charge is -2.39. The molecular formula is C10H16BF3N2O2. The van der Waals surface area contributed by atoms with Gasteiger partial charge in [0.2, 0.25) is 7.85 Å². The highest BCUT2D eigenvalue weighted by Crippen LogP contribution is 2.30. The van der Waals surface area contributed by atoms with Crippen LogP contribution in [0.25, 0.3) is 0 Å². The molecule has 0 atom stereocenters. The zero-order chi connectivity index (χ0) is 14.0. The van der Waals surface area contributed by atoms with E-state index >= 15 is 0 Å². The number of halogens is 3. The minimum Gasteiger partial charge on any atom is -0.352 e. The van der Waals surface area contributed by atoms with Crippen LogP contribution >= 0.6 is 0 Å². The molecule has 1 heterocycles. The molecule has 8 heteroatoms. The van der Waals surface area contributed by atoms with Crippen molar-refractivity contribution in [3.8, 4) is 0 Å². The summed E-state index contributed by atoms with van der Waals surface area (Å²) in [5.41, 5.74) is -0.382. The van der Waals surface area contributed by atoms with Crippen molar-refractivity contribution in [1.82, 2.24) is 10.2 Å². The van der Waals surface area contributed by atoms with Crippen molar-refractivity contribution in [2.24, 2.45) is 5.41 Å². The van der Waals surface area contributed by atoms with Gasteiger partial charge in [-0.1, -0.05) is 6.92 Å². The number of likely N-dealkylation sites (tertiary alicyclic amines) is 1. The summed E-state index contributed by atoms with van der Waals surface area (Å²) in [6, 6.07) is 0. The molecule has 0 saturated carbocycles. The van der Waals surface area contributed by atoms with Crippen molar-refractivity contribution < 1.29 is 22.8 Å². The predicted octanol–water partition coefficient (Wildman–Crippen LogP) is 0.520. The molecule has 1 saturated heterocycles. The summed E-state index contributed by atoms with van der Waals surface area (Å²) in [6.45, 7) is 2.85. The molecule has 1 N–H and O–H groups in total. The van der Waals surface area contributed by atoms with Crippen molar-refractivity contribution in [3.63, 3.8) is 0 Å². The van der Waals surface area contributed by atoms with Crippen LogP contribution in [-0.4, -0.2) is 50.3 Å². The number of amides is 2. The molecule has 1 rings (SSSR count). The number of carbonyl (C=O) groups is 2. The Hall–Kier alpha value is -1.21. The number of carbonyl (C=O) groups excluding carboxylic acids is 2. The predicted molar refractivity (Wildman–Crippen MR) is 61.9 cm³/mol. The van der Waals surface area contributed by atoms with Gasteiger partial charge in [0.05, 0.1) is 0 Å². The SMILES string of the molecule is BC(=O)N1CCC(C)(CNC(=O)C(F)(F)F)CC1. The molecule has 1 fully saturated rings. The number of alkyl halides is 3. The second-order valence-electron chi connectivity index (χ2n) is 5.00. The number of hydrogen-bond acceptors (Lipinski definition) is 2. The first kappa shape index (κ1) is 14.9. The number of nitrogens with zero attached hydrogens (tertiary/aromatic N) is 1. The Bertz CT molecular complexity index is 339. The molecule has 102 valence electrons. The Morgan fingerprint density at radius 1 is 1.33 bits per heavy atom. The average molecular weight is 264 g/mol. The van der Waals surface area contributed by atoms with Crippen LogP contribution in [0.15, 0.2) is 0 Å². The highest BCUT2D eigenvalue weighted by Gasteiger charge is 2.40. The molecule has 1 aliphatic heterocycles. The normalized spacial score (nSPS) is 19.4. The Labute approximate surface area is 104 Å². The second-order valence-corrected chi connectivity index (χ2v) is 5.00. The molecule has 18 heavy (non-hydrogen) atoms. The Morgan fingerprint density at radius 2 is 1.83 bits per heavy atom. The number of piperidine rings is 1. The molecular weight excluding hydrogens is 248 g/mol. The standard InChI is InChI=1S/C10H16BF3N2O2/c1-9(6-15-7(17)10(12,13)14)2-4-16(5-3-9)8(11)18/h2-6,11H2,1H3,(H,15,17). The third-order valence-electron chi connectivity index (χ3n) is 3.35. The maximum Gasteiger partial charge on any atom is 0.471 e. The van der Waals surface area contributed by atoms with Gasteiger partial charge in [0.1, 0.15) is 0 Å². The fourth-order valence-corrected chi connectivity index (χ4v) is 1.93. The summed E-state index contributed by atoms with van der Waals surface area (Å²) in [5.74, 6) is -1.94. The highest BCUT2D eigenvalue weighted by atomic mass is 19.4. The highest BCUT2D eigenvalue weighted by molar-refractivity contribution is 6.56. The van der Waals surface area contributed by atoms with E-state index in [1.54, 1.807) is 4.90 Å². The zero-order valence-corrected chi connectivity index (χ0v) is 10.4. The molecule has 0 aromatic heterocycles. The van der Waals surface area contributed by atoms with E-state index in [2.05, 4.69) is 0 Å². The van der Waals surface area contributed by atoms with Crippen LogP contribution in [0.1, 0.15) is 19.8 Å². The first-order valence-corrected chi connectivity index (χ1v) is 5.75. The number of hydrogen-bond donors (Lipinski definition) is 1. The van der Waals surface area contributed by atoms with Gasteiger partial charge in [-0.15, -0.1) is 0 Å². The summed E-state index contributed by atoms with van der Waals surface area (Å²) in [6.07, 6.45) is -3.66.